The lowest BCUT2D eigenvalue weighted by Crippen LogP contribution is -2.65. The number of hydrogen-bond acceptors (Lipinski definition) is 2. The molecule has 0 fully saturated rings. The minimum atomic E-state index is -6.76. The minimum Gasteiger partial charge on any atom is -0.394 e. The number of halogens is 9. The van der Waals surface area contributed by atoms with Crippen molar-refractivity contribution in [1.29, 1.82) is 0 Å². The molecule has 12 heteroatoms. The number of nitrogens with one attached hydrogen (secondary N) is 1. The topological polar surface area (TPSA) is 49.3 Å². The van der Waals surface area contributed by atoms with Gasteiger partial charge in [-0.15, -0.1) is 0 Å². The lowest BCUT2D eigenvalue weighted by atomic mass is 10.0. The first-order valence-electron chi connectivity index (χ1n) is 5.28. The number of aliphatic hydroxyl groups excluding tert-OH is 1. The van der Waals surface area contributed by atoms with E-state index in [0.29, 0.717) is 0 Å². The molecule has 0 rings (SSSR count). The summed E-state index contributed by atoms with van der Waals surface area (Å²) in [5.41, 5.74) is 0. The fourth-order valence-electron chi connectivity index (χ4n) is 1.07. The maximum atomic E-state index is 13.1. The van der Waals surface area contributed by atoms with Crippen LogP contribution in [0.15, 0.2) is 0 Å². The van der Waals surface area contributed by atoms with Gasteiger partial charge in [0.1, 0.15) is 0 Å². The zero-order valence-electron chi connectivity index (χ0n) is 10.2. The van der Waals surface area contributed by atoms with E-state index in [1.54, 1.807) is 0 Å². The Balaban J connectivity index is 5.52. The third-order valence-corrected chi connectivity index (χ3v) is 2.72. The third kappa shape index (κ3) is 3.50. The Morgan fingerprint density at radius 2 is 1.52 bits per heavy atom. The molecule has 0 aliphatic heterocycles. The monoisotopic (exact) mass is 351 g/mol. The zero-order valence-corrected chi connectivity index (χ0v) is 11.0. The molecule has 0 aliphatic rings. The van der Waals surface area contributed by atoms with E-state index in [1.165, 1.54) is 6.92 Å². The van der Waals surface area contributed by atoms with Gasteiger partial charge in [-0.25, -0.2) is 0 Å². The van der Waals surface area contributed by atoms with Crippen LogP contribution in [-0.4, -0.2) is 46.8 Å². The average Bonchev–Trinajstić information content (AvgIpc) is 2.33. The summed E-state index contributed by atoms with van der Waals surface area (Å²) in [7, 11) is 0. The zero-order chi connectivity index (χ0) is 17.3. The minimum absolute atomic E-state index is 0.202. The number of hydrogen-bond donors (Lipinski definition) is 2. The van der Waals surface area contributed by atoms with Crippen LogP contribution in [-0.2, 0) is 4.79 Å². The lowest BCUT2D eigenvalue weighted by Gasteiger charge is -2.34. The summed E-state index contributed by atoms with van der Waals surface area (Å²) < 4.78 is 102. The van der Waals surface area contributed by atoms with E-state index in [-0.39, 0.29) is 6.42 Å². The van der Waals surface area contributed by atoms with E-state index in [9.17, 15) is 39.9 Å². The van der Waals surface area contributed by atoms with Crippen LogP contribution >= 0.6 is 11.6 Å². The Morgan fingerprint density at radius 3 is 1.81 bits per heavy atom. The highest BCUT2D eigenvalue weighted by molar-refractivity contribution is 6.22. The molecule has 0 aromatic heterocycles. The predicted molar refractivity (Wildman–Crippen MR) is 54.9 cm³/mol. The molecule has 126 valence electrons. The number of amides is 1. The number of carbonyl (C=O) groups is 1. The molecule has 0 saturated carbocycles. The molecule has 0 spiro atoms. The molecule has 0 aromatic carbocycles. The summed E-state index contributed by atoms with van der Waals surface area (Å²) >= 11 is 3.71. The standard InChI is InChI=1S/C9H10ClF8NO2/c1-2-4(3-20)19-5(21)6(11,12)7(13,14)8(15,16)9(10,17)18/h4,20H,2-3H2,1H3,(H,19,21). The Kier molecular flexibility index (Phi) is 5.86. The summed E-state index contributed by atoms with van der Waals surface area (Å²) in [6, 6.07) is -1.44. The van der Waals surface area contributed by atoms with Crippen LogP contribution in [0, 0.1) is 0 Å². The fraction of sp³-hybridized carbons (Fsp3) is 0.889. The Morgan fingerprint density at radius 1 is 1.10 bits per heavy atom. The summed E-state index contributed by atoms with van der Waals surface area (Å²) in [4.78, 5) is 10.9. The Bertz CT molecular complexity index is 380. The molecule has 0 saturated heterocycles. The van der Waals surface area contributed by atoms with Crippen LogP contribution < -0.4 is 5.32 Å². The Labute approximate surface area is 118 Å². The van der Waals surface area contributed by atoms with E-state index < -0.39 is 41.7 Å². The van der Waals surface area contributed by atoms with Gasteiger partial charge in [-0.05, 0) is 18.0 Å². The van der Waals surface area contributed by atoms with Gasteiger partial charge in [0.25, 0.3) is 5.91 Å². The summed E-state index contributed by atoms with van der Waals surface area (Å²) in [6.45, 7) is 0.297. The highest BCUT2D eigenvalue weighted by Gasteiger charge is 2.82. The van der Waals surface area contributed by atoms with Crippen LogP contribution in [0.5, 0.6) is 0 Å². The van der Waals surface area contributed by atoms with Crippen LogP contribution in [0.25, 0.3) is 0 Å². The van der Waals surface area contributed by atoms with Gasteiger partial charge >= 0.3 is 23.1 Å². The first kappa shape index (κ1) is 20.2. The molecule has 2 N–H and O–H groups in total. The molecule has 0 radical (unpaired) electrons. The van der Waals surface area contributed by atoms with Crippen molar-refractivity contribution in [2.24, 2.45) is 0 Å². The molecule has 1 atom stereocenters. The second-order valence-electron chi connectivity index (χ2n) is 3.98. The van der Waals surface area contributed by atoms with Crippen LogP contribution in [0.3, 0.4) is 0 Å². The number of rotatable bonds is 7. The number of carbonyl (C=O) groups excluding carboxylic acids is 1. The van der Waals surface area contributed by atoms with Gasteiger partial charge in [0.05, 0.1) is 12.6 Å². The summed E-state index contributed by atoms with van der Waals surface area (Å²) in [5, 5.41) is 3.73. The first-order valence-corrected chi connectivity index (χ1v) is 5.66. The molecule has 0 aromatic rings. The quantitative estimate of drug-likeness (QED) is 0.547. The smallest absolute Gasteiger partial charge is 0.393 e. The van der Waals surface area contributed by atoms with Gasteiger partial charge in [-0.1, -0.05) is 6.92 Å². The van der Waals surface area contributed by atoms with Gasteiger partial charge in [0, 0.05) is 0 Å². The van der Waals surface area contributed by atoms with E-state index in [0.717, 1.165) is 5.32 Å². The summed E-state index contributed by atoms with van der Waals surface area (Å²) in [6.07, 6.45) is -0.202. The van der Waals surface area contributed by atoms with Crippen molar-refractivity contribution in [2.75, 3.05) is 6.61 Å². The van der Waals surface area contributed by atoms with Gasteiger partial charge in [0.15, 0.2) is 0 Å². The van der Waals surface area contributed by atoms with E-state index in [4.69, 9.17) is 5.11 Å². The first-order chi connectivity index (χ1) is 9.16. The van der Waals surface area contributed by atoms with Crippen LogP contribution in [0.1, 0.15) is 13.3 Å². The van der Waals surface area contributed by atoms with E-state index in [1.807, 2.05) is 0 Å². The van der Waals surface area contributed by atoms with Gasteiger partial charge in [-0.3, -0.25) is 4.79 Å². The molecule has 3 nitrogen and oxygen atoms in total. The predicted octanol–water partition coefficient (Wildman–Crippen LogP) is 2.61. The molecule has 21 heavy (non-hydrogen) atoms. The maximum absolute atomic E-state index is 13.1. The molecular formula is C9H10ClF8NO2. The second-order valence-corrected chi connectivity index (χ2v) is 4.46. The van der Waals surface area contributed by atoms with Crippen molar-refractivity contribution in [3.8, 4) is 0 Å². The largest absolute Gasteiger partial charge is 0.394 e. The van der Waals surface area contributed by atoms with Crippen molar-refractivity contribution < 1.29 is 45.0 Å². The number of alkyl halides is 9. The Hall–Kier alpha value is -0.840. The molecule has 0 bridgehead atoms. The van der Waals surface area contributed by atoms with Crippen LogP contribution in [0.4, 0.5) is 35.1 Å². The van der Waals surface area contributed by atoms with Gasteiger partial charge in [0.2, 0.25) is 0 Å². The van der Waals surface area contributed by atoms with Crippen LogP contribution in [0.2, 0.25) is 0 Å². The van der Waals surface area contributed by atoms with E-state index >= 15 is 0 Å². The third-order valence-electron chi connectivity index (χ3n) is 2.48. The molecule has 0 heterocycles. The van der Waals surface area contributed by atoms with Crippen molar-refractivity contribution in [2.45, 2.75) is 42.5 Å². The maximum Gasteiger partial charge on any atom is 0.393 e. The summed E-state index contributed by atoms with van der Waals surface area (Å²) in [5.74, 6) is -22.6. The van der Waals surface area contributed by atoms with Crippen molar-refractivity contribution in [1.82, 2.24) is 5.32 Å². The van der Waals surface area contributed by atoms with Crippen molar-refractivity contribution in [3.63, 3.8) is 0 Å². The lowest BCUT2D eigenvalue weighted by molar-refractivity contribution is -0.337. The average molecular weight is 352 g/mol. The van der Waals surface area contributed by atoms with Gasteiger partial charge in [-0.2, -0.15) is 35.1 Å². The van der Waals surface area contributed by atoms with E-state index in [2.05, 4.69) is 11.6 Å². The normalized spacial score (nSPS) is 15.8. The highest BCUT2D eigenvalue weighted by Crippen LogP contribution is 2.53. The SMILES string of the molecule is CCC(CO)NC(=O)C(F)(F)C(F)(F)C(F)(F)C(F)(F)Cl. The van der Waals surface area contributed by atoms with Crippen molar-refractivity contribution in [3.05, 3.63) is 0 Å². The second kappa shape index (κ2) is 6.11. The molecule has 0 aliphatic carbocycles. The number of aliphatic hydroxyl groups is 1. The highest BCUT2D eigenvalue weighted by atomic mass is 35.5. The van der Waals surface area contributed by atoms with Gasteiger partial charge < -0.3 is 10.4 Å². The molecule has 1 amide bonds. The molecule has 1 unspecified atom stereocenters. The fourth-order valence-corrected chi connectivity index (χ4v) is 1.19. The molecular weight excluding hydrogens is 342 g/mol. The van der Waals surface area contributed by atoms with Crippen molar-refractivity contribution >= 4 is 17.5 Å².